The van der Waals surface area contributed by atoms with E-state index in [1.165, 1.54) is 0 Å². The maximum absolute atomic E-state index is 11.9. The first-order valence-electron chi connectivity index (χ1n) is 5.52. The van der Waals surface area contributed by atoms with Gasteiger partial charge in [0.05, 0.1) is 12.7 Å². The number of aromatic nitrogens is 1. The minimum atomic E-state index is -0.147. The van der Waals surface area contributed by atoms with E-state index in [9.17, 15) is 4.79 Å². The average molecular weight is 309 g/mol. The van der Waals surface area contributed by atoms with E-state index in [1.54, 1.807) is 18.3 Å². The lowest BCUT2D eigenvalue weighted by Crippen LogP contribution is -2.22. The minimum Gasteiger partial charge on any atom is -0.444 e. The Morgan fingerprint density at radius 2 is 2.22 bits per heavy atom. The normalized spacial score (nSPS) is 10.4. The molecule has 0 spiro atoms. The molecule has 0 radical (unpaired) electrons. The van der Waals surface area contributed by atoms with Gasteiger partial charge in [-0.1, -0.05) is 22.0 Å². The number of oxazole rings is 1. The fourth-order valence-corrected chi connectivity index (χ4v) is 1.85. The second kappa shape index (κ2) is 5.35. The molecule has 0 fully saturated rings. The van der Waals surface area contributed by atoms with E-state index in [1.807, 2.05) is 19.9 Å². The number of benzene rings is 1. The summed E-state index contributed by atoms with van der Waals surface area (Å²) in [5.41, 5.74) is 1.70. The van der Waals surface area contributed by atoms with E-state index in [4.69, 9.17) is 4.42 Å². The van der Waals surface area contributed by atoms with Crippen LogP contribution in [0.1, 0.15) is 27.6 Å². The topological polar surface area (TPSA) is 55.1 Å². The van der Waals surface area contributed by atoms with E-state index >= 15 is 0 Å². The largest absolute Gasteiger partial charge is 0.444 e. The third-order valence-corrected chi connectivity index (χ3v) is 3.36. The van der Waals surface area contributed by atoms with E-state index in [0.29, 0.717) is 11.5 Å². The van der Waals surface area contributed by atoms with E-state index < -0.39 is 0 Å². The van der Waals surface area contributed by atoms with Gasteiger partial charge >= 0.3 is 0 Å². The van der Waals surface area contributed by atoms with Crippen molar-refractivity contribution in [2.24, 2.45) is 0 Å². The van der Waals surface area contributed by atoms with Crippen molar-refractivity contribution in [3.05, 3.63) is 51.6 Å². The quantitative estimate of drug-likeness (QED) is 0.948. The first kappa shape index (κ1) is 12.8. The van der Waals surface area contributed by atoms with Gasteiger partial charge in [-0.2, -0.15) is 0 Å². The zero-order valence-corrected chi connectivity index (χ0v) is 11.7. The maximum atomic E-state index is 11.9. The van der Waals surface area contributed by atoms with Crippen LogP contribution in [-0.2, 0) is 6.54 Å². The Morgan fingerprint density at radius 1 is 1.44 bits per heavy atom. The summed E-state index contributed by atoms with van der Waals surface area (Å²) in [5, 5.41) is 2.76. The first-order chi connectivity index (χ1) is 8.56. The maximum Gasteiger partial charge on any atom is 0.251 e. The van der Waals surface area contributed by atoms with Gasteiger partial charge in [-0.05, 0) is 31.5 Å². The Labute approximate surface area is 114 Å². The molecule has 2 aromatic rings. The second-order valence-electron chi connectivity index (χ2n) is 4.01. The van der Waals surface area contributed by atoms with Gasteiger partial charge in [-0.15, -0.1) is 0 Å². The van der Waals surface area contributed by atoms with Gasteiger partial charge in [-0.25, -0.2) is 4.98 Å². The zero-order valence-electron chi connectivity index (χ0n) is 10.2. The number of hydrogen-bond donors (Lipinski definition) is 1. The Balaban J connectivity index is 2.01. The summed E-state index contributed by atoms with van der Waals surface area (Å²) in [6.07, 6.45) is 1.63. The molecule has 1 aromatic carbocycles. The third-order valence-electron chi connectivity index (χ3n) is 2.50. The SMILES string of the molecule is Cc1cnc(CNC(=O)c2ccc(C)c(Br)c2)o1. The molecule has 94 valence electrons. The molecular formula is C13H13BrN2O2. The van der Waals surface area contributed by atoms with Crippen molar-refractivity contribution in [3.8, 4) is 0 Å². The molecule has 0 aliphatic rings. The van der Waals surface area contributed by atoms with Crippen molar-refractivity contribution in [1.29, 1.82) is 0 Å². The lowest BCUT2D eigenvalue weighted by atomic mass is 10.1. The first-order valence-corrected chi connectivity index (χ1v) is 6.31. The Morgan fingerprint density at radius 3 is 2.83 bits per heavy atom. The third kappa shape index (κ3) is 2.98. The van der Waals surface area contributed by atoms with Crippen LogP contribution < -0.4 is 5.32 Å². The molecule has 0 atom stereocenters. The lowest BCUT2D eigenvalue weighted by molar-refractivity contribution is 0.0947. The van der Waals surface area contributed by atoms with E-state index in [2.05, 4.69) is 26.2 Å². The van der Waals surface area contributed by atoms with Gasteiger partial charge in [-0.3, -0.25) is 4.79 Å². The molecule has 0 saturated carbocycles. The highest BCUT2D eigenvalue weighted by Crippen LogP contribution is 2.17. The number of nitrogens with zero attached hydrogens (tertiary/aromatic N) is 1. The van der Waals surface area contributed by atoms with Crippen LogP contribution in [0, 0.1) is 13.8 Å². The molecule has 1 N–H and O–H groups in total. The van der Waals surface area contributed by atoms with Crippen LogP contribution in [0.15, 0.2) is 33.3 Å². The number of hydrogen-bond acceptors (Lipinski definition) is 3. The van der Waals surface area contributed by atoms with Crippen LogP contribution in [0.5, 0.6) is 0 Å². The molecule has 0 bridgehead atoms. The molecule has 2 rings (SSSR count). The molecule has 1 amide bonds. The number of aryl methyl sites for hydroxylation is 2. The van der Waals surface area contributed by atoms with Crippen molar-refractivity contribution in [2.45, 2.75) is 20.4 Å². The summed E-state index contributed by atoms with van der Waals surface area (Å²) in [5.74, 6) is 1.09. The number of rotatable bonds is 3. The molecule has 1 aromatic heterocycles. The van der Waals surface area contributed by atoms with Crippen molar-refractivity contribution < 1.29 is 9.21 Å². The Bertz CT molecular complexity index is 578. The molecule has 0 aliphatic heterocycles. The van der Waals surface area contributed by atoms with Gasteiger partial charge < -0.3 is 9.73 Å². The van der Waals surface area contributed by atoms with Crippen molar-refractivity contribution >= 4 is 21.8 Å². The highest BCUT2D eigenvalue weighted by Gasteiger charge is 2.08. The predicted octanol–water partition coefficient (Wildman–Crippen LogP) is 2.98. The summed E-state index contributed by atoms with van der Waals surface area (Å²) in [6, 6.07) is 5.48. The van der Waals surface area contributed by atoms with Crippen LogP contribution in [-0.4, -0.2) is 10.9 Å². The van der Waals surface area contributed by atoms with E-state index in [0.717, 1.165) is 15.8 Å². The molecule has 1 heterocycles. The minimum absolute atomic E-state index is 0.147. The van der Waals surface area contributed by atoms with Crippen molar-refractivity contribution in [1.82, 2.24) is 10.3 Å². The van der Waals surface area contributed by atoms with Crippen LogP contribution >= 0.6 is 15.9 Å². The Hall–Kier alpha value is -1.62. The molecule has 0 unspecified atom stereocenters. The monoisotopic (exact) mass is 308 g/mol. The number of halogens is 1. The second-order valence-corrected chi connectivity index (χ2v) is 4.87. The molecule has 18 heavy (non-hydrogen) atoms. The molecular weight excluding hydrogens is 296 g/mol. The smallest absolute Gasteiger partial charge is 0.251 e. The number of carbonyl (C=O) groups is 1. The summed E-state index contributed by atoms with van der Waals surface area (Å²) >= 11 is 3.40. The molecule has 4 nitrogen and oxygen atoms in total. The van der Waals surface area contributed by atoms with Gasteiger partial charge in [0, 0.05) is 10.0 Å². The standard InChI is InChI=1S/C13H13BrN2O2/c1-8-3-4-10(5-11(8)14)13(17)16-7-12-15-6-9(2)18-12/h3-6H,7H2,1-2H3,(H,16,17). The van der Waals surface area contributed by atoms with Gasteiger partial charge in [0.25, 0.3) is 5.91 Å². The summed E-state index contributed by atoms with van der Waals surface area (Å²) in [7, 11) is 0. The fourth-order valence-electron chi connectivity index (χ4n) is 1.48. The van der Waals surface area contributed by atoms with Gasteiger partial charge in [0.15, 0.2) is 0 Å². The fraction of sp³-hybridized carbons (Fsp3) is 0.231. The summed E-state index contributed by atoms with van der Waals surface area (Å²) in [6.45, 7) is 4.08. The van der Waals surface area contributed by atoms with E-state index in [-0.39, 0.29) is 12.5 Å². The molecule has 5 heteroatoms. The average Bonchev–Trinajstić information content (AvgIpc) is 2.75. The van der Waals surface area contributed by atoms with Crippen molar-refractivity contribution in [2.75, 3.05) is 0 Å². The van der Waals surface area contributed by atoms with Gasteiger partial charge in [0.1, 0.15) is 5.76 Å². The van der Waals surface area contributed by atoms with Crippen LogP contribution in [0.25, 0.3) is 0 Å². The number of carbonyl (C=O) groups excluding carboxylic acids is 1. The lowest BCUT2D eigenvalue weighted by Gasteiger charge is -2.04. The summed E-state index contributed by atoms with van der Waals surface area (Å²) < 4.78 is 6.20. The molecule has 0 saturated heterocycles. The highest BCUT2D eigenvalue weighted by atomic mass is 79.9. The predicted molar refractivity (Wildman–Crippen MR) is 71.3 cm³/mol. The zero-order chi connectivity index (χ0) is 13.1. The Kier molecular flexibility index (Phi) is 3.81. The van der Waals surface area contributed by atoms with Crippen molar-refractivity contribution in [3.63, 3.8) is 0 Å². The molecule has 0 aliphatic carbocycles. The van der Waals surface area contributed by atoms with Crippen LogP contribution in [0.3, 0.4) is 0 Å². The summed E-state index contributed by atoms with van der Waals surface area (Å²) in [4.78, 5) is 15.9. The highest BCUT2D eigenvalue weighted by molar-refractivity contribution is 9.10. The van der Waals surface area contributed by atoms with Crippen LogP contribution in [0.4, 0.5) is 0 Å². The number of nitrogens with one attached hydrogen (secondary N) is 1. The number of amides is 1. The van der Waals surface area contributed by atoms with Crippen LogP contribution in [0.2, 0.25) is 0 Å². The van der Waals surface area contributed by atoms with Gasteiger partial charge in [0.2, 0.25) is 5.89 Å².